The van der Waals surface area contributed by atoms with Crippen molar-refractivity contribution in [2.75, 3.05) is 51.8 Å². The second kappa shape index (κ2) is 12.0. The third-order valence-electron chi connectivity index (χ3n) is 9.32. The van der Waals surface area contributed by atoms with Crippen LogP contribution in [0.1, 0.15) is 50.4 Å². The van der Waals surface area contributed by atoms with E-state index in [1.54, 1.807) is 31.5 Å². The van der Waals surface area contributed by atoms with Gasteiger partial charge < -0.3 is 29.2 Å². The molecule has 246 valence electrons. The van der Waals surface area contributed by atoms with E-state index in [1.165, 1.54) is 11.0 Å². The molecule has 3 aromatic carbocycles. The van der Waals surface area contributed by atoms with Crippen molar-refractivity contribution in [3.05, 3.63) is 70.3 Å². The lowest BCUT2D eigenvalue weighted by molar-refractivity contribution is -0.155. The summed E-state index contributed by atoms with van der Waals surface area (Å²) in [6, 6.07) is 13.3. The molecular weight excluding hydrogens is 601 g/mol. The first-order valence-corrected chi connectivity index (χ1v) is 16.3. The first-order chi connectivity index (χ1) is 22.5. The molecule has 1 unspecified atom stereocenters. The molecule has 7 rings (SSSR count). The van der Waals surface area contributed by atoms with Crippen LogP contribution in [-0.2, 0) is 9.53 Å². The van der Waals surface area contributed by atoms with E-state index in [2.05, 4.69) is 17.3 Å². The molecule has 4 aromatic rings. The van der Waals surface area contributed by atoms with Crippen LogP contribution in [0.3, 0.4) is 0 Å². The molecule has 1 N–H and O–H groups in total. The predicted molar refractivity (Wildman–Crippen MR) is 179 cm³/mol. The number of nitrogens with zero attached hydrogens (tertiary/aromatic N) is 4. The maximum atomic E-state index is 16.0. The minimum atomic E-state index is -0.617. The van der Waals surface area contributed by atoms with Gasteiger partial charge in [0, 0.05) is 37.3 Å². The van der Waals surface area contributed by atoms with Crippen LogP contribution in [0, 0.1) is 5.82 Å². The van der Waals surface area contributed by atoms with Gasteiger partial charge in [-0.3, -0.25) is 19.3 Å². The summed E-state index contributed by atoms with van der Waals surface area (Å²) in [5.41, 5.74) is -0.0135. The van der Waals surface area contributed by atoms with Crippen LogP contribution in [-0.4, -0.2) is 89.2 Å². The smallest absolute Gasteiger partial charge is 0.320 e. The Bertz CT molecular complexity index is 1970. The van der Waals surface area contributed by atoms with Crippen LogP contribution in [0.25, 0.3) is 27.4 Å². The standard InChI is InChI=1S/C36H40FN5O5/c1-36(2,3)47-29(43)20-40-16-17-41(21-40)35(45)26-19-42-28-12-11-22-8-5-6-10-24(22)33(28)46-34-30(27(37)18-25(31(34)42)32(26)44)38-14-13-23-9-7-15-39(23)4/h5-6,8,10-12,18-19,23,38H,7,9,13-17,20-21H2,1-4H3. The molecule has 3 aliphatic rings. The summed E-state index contributed by atoms with van der Waals surface area (Å²) >= 11 is 0. The molecule has 0 radical (unpaired) electrons. The number of anilines is 1. The van der Waals surface area contributed by atoms with E-state index in [4.69, 9.17) is 9.47 Å². The average molecular weight is 642 g/mol. The number of pyridine rings is 1. The molecule has 11 heteroatoms. The Balaban J connectivity index is 1.27. The van der Waals surface area contributed by atoms with E-state index in [1.807, 2.05) is 41.3 Å². The van der Waals surface area contributed by atoms with Crippen LogP contribution in [0.2, 0.25) is 0 Å². The molecule has 2 fully saturated rings. The van der Waals surface area contributed by atoms with Gasteiger partial charge in [-0.2, -0.15) is 0 Å². The first kappa shape index (κ1) is 31.1. The van der Waals surface area contributed by atoms with E-state index in [9.17, 15) is 14.4 Å². The highest BCUT2D eigenvalue weighted by atomic mass is 19.1. The summed E-state index contributed by atoms with van der Waals surface area (Å²) in [6.45, 7) is 7.99. The monoisotopic (exact) mass is 641 g/mol. The Morgan fingerprint density at radius 2 is 1.87 bits per heavy atom. The van der Waals surface area contributed by atoms with E-state index >= 15 is 4.39 Å². The molecule has 1 aromatic heterocycles. The Hall–Kier alpha value is -4.48. The van der Waals surface area contributed by atoms with Gasteiger partial charge >= 0.3 is 5.97 Å². The summed E-state index contributed by atoms with van der Waals surface area (Å²) in [5, 5.41) is 5.12. The average Bonchev–Trinajstić information content (AvgIpc) is 3.66. The summed E-state index contributed by atoms with van der Waals surface area (Å²) < 4.78 is 29.8. The number of hydrogen-bond acceptors (Lipinski definition) is 8. The summed E-state index contributed by atoms with van der Waals surface area (Å²) in [7, 11) is 2.11. The SMILES string of the molecule is CN1CCCC1CCNc1c(F)cc2c(=O)c(C(=O)N3CCN(CC(=O)OC(C)(C)C)C3)cn3c2c1Oc1c-3ccc2ccccc12. The van der Waals surface area contributed by atoms with E-state index in [0.717, 1.165) is 36.6 Å². The van der Waals surface area contributed by atoms with E-state index < -0.39 is 22.8 Å². The van der Waals surface area contributed by atoms with Gasteiger partial charge in [0.25, 0.3) is 5.91 Å². The zero-order valence-electron chi connectivity index (χ0n) is 27.3. The van der Waals surface area contributed by atoms with E-state index in [0.29, 0.717) is 42.6 Å². The number of nitrogens with one attached hydrogen (secondary N) is 1. The minimum absolute atomic E-state index is 0.0299. The highest BCUT2D eigenvalue weighted by Crippen LogP contribution is 2.47. The molecular formula is C36H40FN5O5. The molecule has 1 atom stereocenters. The van der Waals surface area contributed by atoms with Crippen molar-refractivity contribution < 1.29 is 23.5 Å². The van der Waals surface area contributed by atoms with Crippen molar-refractivity contribution in [3.8, 4) is 17.2 Å². The van der Waals surface area contributed by atoms with Crippen LogP contribution in [0.5, 0.6) is 11.5 Å². The molecule has 0 spiro atoms. The van der Waals surface area contributed by atoms with Gasteiger partial charge in [-0.05, 0) is 71.1 Å². The number of carbonyl (C=O) groups is 2. The van der Waals surface area contributed by atoms with E-state index in [-0.39, 0.29) is 41.6 Å². The normalized spacial score (nSPS) is 18.1. The van der Waals surface area contributed by atoms with Crippen molar-refractivity contribution in [3.63, 3.8) is 0 Å². The summed E-state index contributed by atoms with van der Waals surface area (Å²) in [4.78, 5) is 46.0. The zero-order valence-corrected chi connectivity index (χ0v) is 27.3. The second-order valence-electron chi connectivity index (χ2n) is 13.8. The lowest BCUT2D eigenvalue weighted by atomic mass is 10.0. The van der Waals surface area contributed by atoms with Crippen molar-refractivity contribution in [1.82, 2.24) is 19.3 Å². The van der Waals surface area contributed by atoms with Gasteiger partial charge in [0.1, 0.15) is 22.4 Å². The Morgan fingerprint density at radius 1 is 1.06 bits per heavy atom. The number of likely N-dealkylation sites (tertiary alicyclic amines) is 1. The quantitative estimate of drug-likeness (QED) is 0.238. The van der Waals surface area contributed by atoms with Crippen molar-refractivity contribution in [2.45, 2.75) is 51.7 Å². The number of fused-ring (bicyclic) bond motifs is 4. The van der Waals surface area contributed by atoms with Gasteiger partial charge in [-0.1, -0.05) is 30.3 Å². The minimum Gasteiger partial charge on any atom is -0.459 e. The maximum absolute atomic E-state index is 16.0. The molecule has 10 nitrogen and oxygen atoms in total. The summed E-state index contributed by atoms with van der Waals surface area (Å²) in [5.74, 6) is -0.731. The Labute approximate surface area is 272 Å². The topological polar surface area (TPSA) is 96.4 Å². The van der Waals surface area contributed by atoms with Gasteiger partial charge in [-0.15, -0.1) is 0 Å². The van der Waals surface area contributed by atoms with Crippen LogP contribution >= 0.6 is 0 Å². The number of amides is 1. The number of aromatic nitrogens is 1. The lowest BCUT2D eigenvalue weighted by Gasteiger charge is -2.28. The molecule has 4 heterocycles. The number of hydrogen-bond donors (Lipinski definition) is 1. The third-order valence-corrected chi connectivity index (χ3v) is 9.32. The zero-order chi connectivity index (χ0) is 33.0. The molecule has 1 amide bonds. The Morgan fingerprint density at radius 3 is 2.64 bits per heavy atom. The van der Waals surface area contributed by atoms with Gasteiger partial charge in [0.2, 0.25) is 5.43 Å². The molecule has 47 heavy (non-hydrogen) atoms. The number of esters is 1. The molecule has 0 bridgehead atoms. The number of carbonyl (C=O) groups excluding carboxylic acids is 2. The van der Waals surface area contributed by atoms with Gasteiger partial charge in [-0.25, -0.2) is 4.39 Å². The van der Waals surface area contributed by atoms with Crippen molar-refractivity contribution in [1.29, 1.82) is 0 Å². The van der Waals surface area contributed by atoms with Gasteiger partial charge in [0.05, 0.1) is 24.3 Å². The molecule has 2 saturated heterocycles. The third kappa shape index (κ3) is 5.82. The molecule has 0 saturated carbocycles. The van der Waals surface area contributed by atoms with Crippen molar-refractivity contribution >= 4 is 39.2 Å². The number of ether oxygens (including phenoxy) is 2. The number of benzene rings is 3. The highest BCUT2D eigenvalue weighted by molar-refractivity contribution is 6.03. The highest BCUT2D eigenvalue weighted by Gasteiger charge is 2.33. The van der Waals surface area contributed by atoms with Crippen LogP contribution in [0.4, 0.5) is 10.1 Å². The second-order valence-corrected chi connectivity index (χ2v) is 13.8. The largest absolute Gasteiger partial charge is 0.459 e. The predicted octanol–water partition coefficient (Wildman–Crippen LogP) is 5.34. The maximum Gasteiger partial charge on any atom is 0.320 e. The van der Waals surface area contributed by atoms with Crippen molar-refractivity contribution in [2.24, 2.45) is 0 Å². The molecule has 3 aliphatic heterocycles. The lowest BCUT2D eigenvalue weighted by Crippen LogP contribution is -2.37. The molecule has 0 aliphatic carbocycles. The van der Waals surface area contributed by atoms with Gasteiger partial charge in [0.15, 0.2) is 17.3 Å². The fourth-order valence-electron chi connectivity index (χ4n) is 7.04. The van der Waals surface area contributed by atoms with Crippen LogP contribution in [0.15, 0.2) is 53.5 Å². The fourth-order valence-corrected chi connectivity index (χ4v) is 7.04. The van der Waals surface area contributed by atoms with Crippen LogP contribution < -0.4 is 15.5 Å². The number of rotatable bonds is 7. The fraction of sp³-hybridized carbons (Fsp3) is 0.417. The number of halogens is 1. The Kier molecular flexibility index (Phi) is 7.92. The first-order valence-electron chi connectivity index (χ1n) is 16.3. The summed E-state index contributed by atoms with van der Waals surface area (Å²) in [6.07, 6.45) is 4.65.